The number of halogens is 1. The lowest BCUT2D eigenvalue weighted by Gasteiger charge is -2.31. The van der Waals surface area contributed by atoms with E-state index >= 15 is 0 Å². The molecule has 1 saturated heterocycles. The van der Waals surface area contributed by atoms with E-state index in [0.717, 1.165) is 15.9 Å². The second kappa shape index (κ2) is 7.72. The van der Waals surface area contributed by atoms with E-state index in [1.54, 1.807) is 18.2 Å². The summed E-state index contributed by atoms with van der Waals surface area (Å²) in [5.41, 5.74) is -1.17. The van der Waals surface area contributed by atoms with Crippen LogP contribution in [0.15, 0.2) is 47.4 Å². The Morgan fingerprint density at radius 1 is 1.31 bits per heavy atom. The Balaban J connectivity index is 1.90. The Labute approximate surface area is 168 Å². The lowest BCUT2D eigenvalue weighted by molar-refractivity contribution is -0.104. The maximum absolute atomic E-state index is 13.9. The van der Waals surface area contributed by atoms with Gasteiger partial charge in [-0.15, -0.1) is 0 Å². The molecule has 0 saturated carbocycles. The highest BCUT2D eigenvalue weighted by Crippen LogP contribution is 2.33. The second-order valence-corrected chi connectivity index (χ2v) is 9.08. The van der Waals surface area contributed by atoms with Crippen LogP contribution in [0.25, 0.3) is 0 Å². The molecule has 0 aromatic heterocycles. The number of β-amino-alcohol motifs (C(OH)–C–C–N with tert-alkyl or cyclic N) is 1. The van der Waals surface area contributed by atoms with E-state index in [2.05, 4.69) is 0 Å². The first kappa shape index (κ1) is 21.2. The van der Waals surface area contributed by atoms with Gasteiger partial charge in [0.15, 0.2) is 0 Å². The quantitative estimate of drug-likeness (QED) is 0.760. The van der Waals surface area contributed by atoms with Gasteiger partial charge in [-0.25, -0.2) is 12.8 Å². The Morgan fingerprint density at radius 2 is 1.97 bits per heavy atom. The highest BCUT2D eigenvalue weighted by Gasteiger charge is 2.53. The van der Waals surface area contributed by atoms with E-state index < -0.39 is 33.6 Å². The number of benzene rings is 2. The minimum Gasteiger partial charge on any atom is -0.486 e. The fourth-order valence-electron chi connectivity index (χ4n) is 3.20. The molecule has 1 fully saturated rings. The molecule has 0 spiro atoms. The smallest absolute Gasteiger partial charge is 0.243 e. The summed E-state index contributed by atoms with van der Waals surface area (Å²) in [6.07, 6.45) is -2.45. The first-order valence-corrected chi connectivity index (χ1v) is 10.4. The molecule has 0 unspecified atom stereocenters. The minimum absolute atomic E-state index is 0.0140. The van der Waals surface area contributed by atoms with E-state index in [4.69, 9.17) is 10.00 Å². The Kier molecular flexibility index (Phi) is 5.65. The number of aryl methyl sites for hydroxylation is 1. The second-order valence-electron chi connectivity index (χ2n) is 7.14. The fraction of sp³-hybridized carbons (Fsp3) is 0.350. The largest absolute Gasteiger partial charge is 0.486 e. The number of rotatable bonds is 5. The zero-order valence-corrected chi connectivity index (χ0v) is 16.7. The van der Waals surface area contributed by atoms with Gasteiger partial charge in [-0.3, -0.25) is 0 Å². The highest BCUT2D eigenvalue weighted by molar-refractivity contribution is 7.89. The minimum atomic E-state index is -3.94. The summed E-state index contributed by atoms with van der Waals surface area (Å²) in [4.78, 5) is 0.0566. The highest BCUT2D eigenvalue weighted by atomic mass is 32.2. The van der Waals surface area contributed by atoms with Crippen molar-refractivity contribution in [2.24, 2.45) is 0 Å². The Bertz CT molecular complexity index is 1050. The van der Waals surface area contributed by atoms with Gasteiger partial charge in [0.25, 0.3) is 0 Å². The molecule has 7 nitrogen and oxygen atoms in total. The number of hydrogen-bond donors (Lipinski definition) is 2. The van der Waals surface area contributed by atoms with Crippen molar-refractivity contribution in [1.82, 2.24) is 4.31 Å². The number of nitrogens with zero attached hydrogens (tertiary/aromatic N) is 2. The summed E-state index contributed by atoms with van der Waals surface area (Å²) in [7, 11) is -3.94. The SMILES string of the molecule is Cc1ccc(S(=O)(=O)N2C[C@H](Oc3ccc(C#N)c(F)c3)[C@](O)([C@@H](C)O)C2)cc1. The summed E-state index contributed by atoms with van der Waals surface area (Å²) in [6, 6.07) is 11.5. The maximum Gasteiger partial charge on any atom is 0.243 e. The molecule has 0 aliphatic carbocycles. The fourth-order valence-corrected chi connectivity index (χ4v) is 4.69. The normalized spacial score (nSPS) is 23.5. The predicted octanol–water partition coefficient (Wildman–Crippen LogP) is 1.57. The summed E-state index contributed by atoms with van der Waals surface area (Å²) in [5, 5.41) is 29.9. The average Bonchev–Trinajstić information content (AvgIpc) is 3.01. The first-order valence-electron chi connectivity index (χ1n) is 8.91. The lowest BCUT2D eigenvalue weighted by Crippen LogP contribution is -2.53. The van der Waals surface area contributed by atoms with Crippen molar-refractivity contribution in [3.8, 4) is 11.8 Å². The van der Waals surface area contributed by atoms with Crippen molar-refractivity contribution < 1.29 is 27.8 Å². The summed E-state index contributed by atoms with van der Waals surface area (Å²) >= 11 is 0. The maximum atomic E-state index is 13.9. The molecule has 2 N–H and O–H groups in total. The van der Waals surface area contributed by atoms with Gasteiger partial charge in [0, 0.05) is 12.6 Å². The van der Waals surface area contributed by atoms with Gasteiger partial charge in [-0.05, 0) is 38.1 Å². The van der Waals surface area contributed by atoms with Gasteiger partial charge >= 0.3 is 0 Å². The molecule has 0 amide bonds. The molecule has 3 atom stereocenters. The third kappa shape index (κ3) is 3.97. The number of nitriles is 1. The Morgan fingerprint density at radius 3 is 2.52 bits per heavy atom. The molecule has 3 rings (SSSR count). The molecule has 1 aliphatic rings. The molecule has 154 valence electrons. The molecule has 0 radical (unpaired) electrons. The molecule has 0 bridgehead atoms. The zero-order chi connectivity index (χ0) is 21.4. The van der Waals surface area contributed by atoms with Crippen molar-refractivity contribution in [3.05, 3.63) is 59.4 Å². The van der Waals surface area contributed by atoms with Crippen LogP contribution < -0.4 is 4.74 Å². The van der Waals surface area contributed by atoms with Crippen LogP contribution in [-0.2, 0) is 10.0 Å². The van der Waals surface area contributed by atoms with Crippen LogP contribution in [0.5, 0.6) is 5.75 Å². The number of aliphatic hydroxyl groups is 2. The van der Waals surface area contributed by atoms with Crippen molar-refractivity contribution in [1.29, 1.82) is 5.26 Å². The Hall–Kier alpha value is -2.51. The molecule has 2 aromatic carbocycles. The van der Waals surface area contributed by atoms with Gasteiger partial charge in [-0.1, -0.05) is 17.7 Å². The van der Waals surface area contributed by atoms with Gasteiger partial charge in [0.2, 0.25) is 10.0 Å². The van der Waals surface area contributed by atoms with Gasteiger partial charge in [0.05, 0.1) is 23.1 Å². The number of ether oxygens (including phenoxy) is 1. The molecule has 9 heteroatoms. The average molecular weight is 420 g/mol. The van der Waals surface area contributed by atoms with Crippen LogP contribution in [0.2, 0.25) is 0 Å². The van der Waals surface area contributed by atoms with Gasteiger partial charge < -0.3 is 14.9 Å². The zero-order valence-electron chi connectivity index (χ0n) is 15.9. The van der Waals surface area contributed by atoms with Crippen LogP contribution in [0.4, 0.5) is 4.39 Å². The molecule has 29 heavy (non-hydrogen) atoms. The van der Waals surface area contributed by atoms with E-state index in [9.17, 15) is 23.0 Å². The first-order chi connectivity index (χ1) is 13.6. The van der Waals surface area contributed by atoms with Crippen LogP contribution in [0, 0.1) is 24.1 Å². The standard InChI is InChI=1S/C20H21FN2O5S/c1-13-3-7-17(8-4-13)29(26,27)23-11-19(20(25,12-23)14(2)24)28-16-6-5-15(10-22)18(21)9-16/h3-9,14,19,24-25H,11-12H2,1-2H3/t14-,19+,20-/m1/s1. The molecule has 1 aliphatic heterocycles. The van der Waals surface area contributed by atoms with Crippen molar-refractivity contribution in [3.63, 3.8) is 0 Å². The van der Waals surface area contributed by atoms with Crippen molar-refractivity contribution >= 4 is 10.0 Å². The van der Waals surface area contributed by atoms with Crippen LogP contribution in [0.1, 0.15) is 18.1 Å². The number of aliphatic hydroxyl groups excluding tert-OH is 1. The van der Waals surface area contributed by atoms with E-state index in [1.165, 1.54) is 31.2 Å². The van der Waals surface area contributed by atoms with Crippen LogP contribution >= 0.6 is 0 Å². The van der Waals surface area contributed by atoms with E-state index in [1.807, 2.05) is 6.92 Å². The monoisotopic (exact) mass is 420 g/mol. The van der Waals surface area contributed by atoms with Gasteiger partial charge in [0.1, 0.15) is 29.3 Å². The van der Waals surface area contributed by atoms with Gasteiger partial charge in [-0.2, -0.15) is 9.57 Å². The number of hydrogen-bond acceptors (Lipinski definition) is 6. The molecular weight excluding hydrogens is 399 g/mol. The van der Waals surface area contributed by atoms with Crippen molar-refractivity contribution in [2.45, 2.75) is 36.6 Å². The molecular formula is C20H21FN2O5S. The molecule has 2 aromatic rings. The van der Waals surface area contributed by atoms with Crippen molar-refractivity contribution in [2.75, 3.05) is 13.1 Å². The lowest BCUT2D eigenvalue weighted by atomic mass is 9.94. The third-order valence-electron chi connectivity index (χ3n) is 5.08. The molecule has 1 heterocycles. The van der Waals surface area contributed by atoms with E-state index in [0.29, 0.717) is 0 Å². The van der Waals surface area contributed by atoms with E-state index in [-0.39, 0.29) is 29.3 Å². The summed E-state index contributed by atoms with van der Waals surface area (Å²) in [5.74, 6) is -0.784. The van der Waals surface area contributed by atoms with Crippen LogP contribution in [-0.4, -0.2) is 53.8 Å². The summed E-state index contributed by atoms with van der Waals surface area (Å²) < 4.78 is 46.5. The third-order valence-corrected chi connectivity index (χ3v) is 6.90. The summed E-state index contributed by atoms with van der Waals surface area (Å²) in [6.45, 7) is 2.54. The predicted molar refractivity (Wildman–Crippen MR) is 102 cm³/mol. The number of sulfonamides is 1. The van der Waals surface area contributed by atoms with Crippen LogP contribution in [0.3, 0.4) is 0 Å². The topological polar surface area (TPSA) is 111 Å².